The van der Waals surface area contributed by atoms with Gasteiger partial charge in [-0.05, 0) is 32.7 Å². The Bertz CT molecular complexity index is 188. The molecule has 0 radical (unpaired) electrons. The summed E-state index contributed by atoms with van der Waals surface area (Å²) < 4.78 is 0. The lowest BCUT2D eigenvalue weighted by molar-refractivity contribution is 0.0674. The zero-order valence-electron chi connectivity index (χ0n) is 12.0. The molecule has 1 rings (SSSR count). The molecule has 17 heavy (non-hydrogen) atoms. The van der Waals surface area contributed by atoms with Gasteiger partial charge in [-0.3, -0.25) is 9.80 Å². The normalized spacial score (nSPS) is 22.6. The molecule has 1 aliphatic rings. The van der Waals surface area contributed by atoms with Crippen LogP contribution in [0.3, 0.4) is 0 Å². The third kappa shape index (κ3) is 4.57. The highest BCUT2D eigenvalue weighted by atomic mass is 15.3. The van der Waals surface area contributed by atoms with Crippen molar-refractivity contribution in [3.8, 4) is 0 Å². The fourth-order valence-electron chi connectivity index (χ4n) is 2.98. The van der Waals surface area contributed by atoms with Gasteiger partial charge in [0.15, 0.2) is 0 Å². The minimum atomic E-state index is 0.712. The molecule has 0 aromatic heterocycles. The highest BCUT2D eigenvalue weighted by Crippen LogP contribution is 2.15. The Hall–Kier alpha value is -0.120. The second-order valence-electron chi connectivity index (χ2n) is 5.35. The molecule has 2 N–H and O–H groups in total. The van der Waals surface area contributed by atoms with Crippen LogP contribution in [0.4, 0.5) is 0 Å². The van der Waals surface area contributed by atoms with Crippen molar-refractivity contribution in [3.63, 3.8) is 0 Å². The van der Waals surface area contributed by atoms with Crippen LogP contribution in [-0.2, 0) is 0 Å². The van der Waals surface area contributed by atoms with E-state index in [1.54, 1.807) is 0 Å². The third-order valence-corrected chi connectivity index (χ3v) is 4.17. The van der Waals surface area contributed by atoms with Gasteiger partial charge in [-0.1, -0.05) is 20.3 Å². The van der Waals surface area contributed by atoms with E-state index in [1.165, 1.54) is 45.4 Å². The molecule has 0 aromatic carbocycles. The summed E-state index contributed by atoms with van der Waals surface area (Å²) in [5, 5.41) is 0. The molecule has 3 heteroatoms. The topological polar surface area (TPSA) is 32.5 Å². The average Bonchev–Trinajstić information content (AvgIpc) is 2.36. The molecule has 1 fully saturated rings. The van der Waals surface area contributed by atoms with E-state index in [4.69, 9.17) is 5.73 Å². The third-order valence-electron chi connectivity index (χ3n) is 4.17. The molecule has 0 spiro atoms. The summed E-state index contributed by atoms with van der Waals surface area (Å²) in [6, 6.07) is 1.47. The van der Waals surface area contributed by atoms with Crippen LogP contribution in [-0.4, -0.2) is 54.6 Å². The van der Waals surface area contributed by atoms with E-state index in [0.717, 1.165) is 19.0 Å². The standard InChI is InChI=1S/C14H31N3/c1-4-6-13(3)16-9-11-17(12-10-16)14(5-2)7-8-15/h13-14H,4-12,15H2,1-3H3. The Labute approximate surface area is 107 Å². The molecule has 0 amide bonds. The molecular weight excluding hydrogens is 210 g/mol. The van der Waals surface area contributed by atoms with Gasteiger partial charge >= 0.3 is 0 Å². The van der Waals surface area contributed by atoms with Gasteiger partial charge in [-0.15, -0.1) is 0 Å². The first-order valence-electron chi connectivity index (χ1n) is 7.41. The Morgan fingerprint density at radius 2 is 1.59 bits per heavy atom. The SMILES string of the molecule is CCCC(C)N1CCN(C(CC)CCN)CC1. The summed E-state index contributed by atoms with van der Waals surface area (Å²) in [5.74, 6) is 0. The summed E-state index contributed by atoms with van der Waals surface area (Å²) in [7, 11) is 0. The van der Waals surface area contributed by atoms with Crippen molar-refractivity contribution in [2.24, 2.45) is 5.73 Å². The zero-order chi connectivity index (χ0) is 12.7. The van der Waals surface area contributed by atoms with E-state index in [-0.39, 0.29) is 0 Å². The Morgan fingerprint density at radius 3 is 2.06 bits per heavy atom. The fourth-order valence-corrected chi connectivity index (χ4v) is 2.98. The second kappa shape index (κ2) is 8.06. The molecule has 1 aliphatic heterocycles. The summed E-state index contributed by atoms with van der Waals surface area (Å²) >= 11 is 0. The van der Waals surface area contributed by atoms with E-state index in [9.17, 15) is 0 Å². The summed E-state index contributed by atoms with van der Waals surface area (Å²) in [6.45, 7) is 12.7. The molecule has 0 aromatic rings. The highest BCUT2D eigenvalue weighted by Gasteiger charge is 2.24. The monoisotopic (exact) mass is 241 g/mol. The van der Waals surface area contributed by atoms with Gasteiger partial charge in [0.1, 0.15) is 0 Å². The maximum atomic E-state index is 5.69. The molecule has 2 atom stereocenters. The van der Waals surface area contributed by atoms with Gasteiger partial charge in [0, 0.05) is 38.3 Å². The second-order valence-corrected chi connectivity index (χ2v) is 5.35. The number of hydrogen-bond acceptors (Lipinski definition) is 3. The maximum Gasteiger partial charge on any atom is 0.0113 e. The zero-order valence-corrected chi connectivity index (χ0v) is 12.0. The first-order chi connectivity index (χ1) is 8.22. The van der Waals surface area contributed by atoms with E-state index in [0.29, 0.717) is 6.04 Å². The number of rotatable bonds is 7. The van der Waals surface area contributed by atoms with Crippen molar-refractivity contribution in [1.82, 2.24) is 9.80 Å². The highest BCUT2D eigenvalue weighted by molar-refractivity contribution is 4.80. The van der Waals surface area contributed by atoms with Gasteiger partial charge in [0.2, 0.25) is 0 Å². The number of nitrogens with zero attached hydrogens (tertiary/aromatic N) is 2. The molecule has 3 nitrogen and oxygen atoms in total. The van der Waals surface area contributed by atoms with Crippen molar-refractivity contribution in [1.29, 1.82) is 0 Å². The van der Waals surface area contributed by atoms with Crippen LogP contribution in [0.2, 0.25) is 0 Å². The Kier molecular flexibility index (Phi) is 7.09. The molecule has 102 valence electrons. The molecule has 0 bridgehead atoms. The summed E-state index contributed by atoms with van der Waals surface area (Å²) in [4.78, 5) is 5.29. The van der Waals surface area contributed by atoms with E-state index in [2.05, 4.69) is 30.6 Å². The van der Waals surface area contributed by atoms with Crippen LogP contribution >= 0.6 is 0 Å². The number of piperazine rings is 1. The van der Waals surface area contributed by atoms with E-state index < -0.39 is 0 Å². The van der Waals surface area contributed by atoms with Crippen LogP contribution in [0, 0.1) is 0 Å². The molecule has 0 aliphatic carbocycles. The van der Waals surface area contributed by atoms with Gasteiger partial charge in [-0.2, -0.15) is 0 Å². The summed E-state index contributed by atoms with van der Waals surface area (Å²) in [5.41, 5.74) is 5.69. The predicted octanol–water partition coefficient (Wildman–Crippen LogP) is 1.92. The predicted molar refractivity (Wildman–Crippen MR) is 75.3 cm³/mol. The largest absolute Gasteiger partial charge is 0.330 e. The Morgan fingerprint density at radius 1 is 1.00 bits per heavy atom. The van der Waals surface area contributed by atoms with Crippen LogP contribution < -0.4 is 5.73 Å². The van der Waals surface area contributed by atoms with Crippen LogP contribution in [0.15, 0.2) is 0 Å². The van der Waals surface area contributed by atoms with Crippen LogP contribution in [0.25, 0.3) is 0 Å². The molecule has 1 saturated heterocycles. The van der Waals surface area contributed by atoms with Crippen molar-refractivity contribution < 1.29 is 0 Å². The van der Waals surface area contributed by atoms with Gasteiger partial charge in [0.05, 0.1) is 0 Å². The number of hydrogen-bond donors (Lipinski definition) is 1. The fraction of sp³-hybridized carbons (Fsp3) is 1.00. The molecule has 1 heterocycles. The van der Waals surface area contributed by atoms with Gasteiger partial charge in [0.25, 0.3) is 0 Å². The molecular formula is C14H31N3. The first kappa shape index (κ1) is 14.9. The lowest BCUT2D eigenvalue weighted by Crippen LogP contribution is -2.52. The minimum Gasteiger partial charge on any atom is -0.330 e. The average molecular weight is 241 g/mol. The smallest absolute Gasteiger partial charge is 0.0113 e. The molecule has 0 saturated carbocycles. The lowest BCUT2D eigenvalue weighted by atomic mass is 10.1. The van der Waals surface area contributed by atoms with E-state index >= 15 is 0 Å². The van der Waals surface area contributed by atoms with Gasteiger partial charge < -0.3 is 5.73 Å². The molecule has 2 unspecified atom stereocenters. The quantitative estimate of drug-likeness (QED) is 0.739. The van der Waals surface area contributed by atoms with Crippen LogP contribution in [0.1, 0.15) is 46.5 Å². The summed E-state index contributed by atoms with van der Waals surface area (Å²) in [6.07, 6.45) is 5.02. The lowest BCUT2D eigenvalue weighted by Gasteiger charge is -2.41. The van der Waals surface area contributed by atoms with Gasteiger partial charge in [-0.25, -0.2) is 0 Å². The first-order valence-corrected chi connectivity index (χ1v) is 7.41. The van der Waals surface area contributed by atoms with Crippen molar-refractivity contribution in [2.45, 2.75) is 58.5 Å². The van der Waals surface area contributed by atoms with Crippen LogP contribution in [0.5, 0.6) is 0 Å². The Balaban J connectivity index is 2.33. The van der Waals surface area contributed by atoms with E-state index in [1.807, 2.05) is 0 Å². The van der Waals surface area contributed by atoms with Crippen molar-refractivity contribution >= 4 is 0 Å². The minimum absolute atomic E-state index is 0.712. The maximum absolute atomic E-state index is 5.69. The van der Waals surface area contributed by atoms with Crippen molar-refractivity contribution in [3.05, 3.63) is 0 Å². The number of nitrogens with two attached hydrogens (primary N) is 1. The van der Waals surface area contributed by atoms with Crippen molar-refractivity contribution in [2.75, 3.05) is 32.7 Å².